The number of nitrogens with two attached hydrogens (primary N) is 2. The molecule has 2 heterocycles. The lowest BCUT2D eigenvalue weighted by Gasteiger charge is -2.37. The summed E-state index contributed by atoms with van der Waals surface area (Å²) in [5, 5.41) is 0.341. The summed E-state index contributed by atoms with van der Waals surface area (Å²) in [6.07, 6.45) is 3.30. The molecule has 4 rings (SSSR count). The Morgan fingerprint density at radius 2 is 1.83 bits per heavy atom. The van der Waals surface area contributed by atoms with Crippen molar-refractivity contribution in [2.24, 2.45) is 5.73 Å². The summed E-state index contributed by atoms with van der Waals surface area (Å²) in [5.74, 6) is 0.113. The first kappa shape index (κ1) is 25.2. The van der Waals surface area contributed by atoms with E-state index >= 15 is 0 Å². The Balaban J connectivity index is 1.52. The molecule has 35 heavy (non-hydrogen) atoms. The van der Waals surface area contributed by atoms with Gasteiger partial charge in [-0.15, -0.1) is 0 Å². The van der Waals surface area contributed by atoms with Crippen molar-refractivity contribution in [1.82, 2.24) is 14.7 Å². The highest BCUT2D eigenvalue weighted by Crippen LogP contribution is 2.38. The number of sulfonamides is 1. The Morgan fingerprint density at radius 3 is 2.49 bits per heavy atom. The van der Waals surface area contributed by atoms with Crippen molar-refractivity contribution in [3.63, 3.8) is 0 Å². The third-order valence-electron chi connectivity index (χ3n) is 5.67. The number of carbonyl (C=O) groups is 1. The maximum absolute atomic E-state index is 12.9. The molecule has 1 aromatic heterocycles. The van der Waals surface area contributed by atoms with Crippen LogP contribution in [-0.4, -0.2) is 42.9 Å². The van der Waals surface area contributed by atoms with E-state index in [0.29, 0.717) is 15.7 Å². The topological polar surface area (TPSA) is 144 Å². The lowest BCUT2D eigenvalue weighted by atomic mass is 9.91. The lowest BCUT2D eigenvalue weighted by Crippen LogP contribution is -2.48. The van der Waals surface area contributed by atoms with Gasteiger partial charge in [0.1, 0.15) is 15.7 Å². The minimum Gasteiger partial charge on any atom is -0.381 e. The highest BCUT2D eigenvalue weighted by atomic mass is 35.5. The number of piperidine rings is 1. The number of amides is 1. The standard InChI is InChI=1S/C23H25ClN6O3S2/c1-23(26)10-12-30(13-11-23)18-14-27-22(20(25)28-18)34-16-8-5-9-17(19(16)24)35(32,33)29-21(31)15-6-3-2-4-7-15/h2-9,14H,10-13,26H2,1H3,(H2,25,28)(H,29,31). The summed E-state index contributed by atoms with van der Waals surface area (Å²) in [6.45, 7) is 3.55. The van der Waals surface area contributed by atoms with E-state index < -0.39 is 15.9 Å². The van der Waals surface area contributed by atoms with Crippen LogP contribution in [0.5, 0.6) is 0 Å². The summed E-state index contributed by atoms with van der Waals surface area (Å²) in [5.41, 5.74) is 12.4. The normalized spacial score (nSPS) is 15.6. The smallest absolute Gasteiger partial charge is 0.265 e. The van der Waals surface area contributed by atoms with E-state index in [2.05, 4.69) is 19.6 Å². The summed E-state index contributed by atoms with van der Waals surface area (Å²) in [7, 11) is -4.22. The van der Waals surface area contributed by atoms with Crippen LogP contribution in [0.3, 0.4) is 0 Å². The molecular formula is C23H25ClN6O3S2. The number of rotatable bonds is 6. The van der Waals surface area contributed by atoms with Crippen molar-refractivity contribution in [2.75, 3.05) is 23.7 Å². The Kier molecular flexibility index (Phi) is 7.22. The summed E-state index contributed by atoms with van der Waals surface area (Å²) in [6, 6.07) is 12.5. The zero-order valence-corrected chi connectivity index (χ0v) is 21.3. The van der Waals surface area contributed by atoms with Gasteiger partial charge in [0, 0.05) is 29.1 Å². The predicted octanol–water partition coefficient (Wildman–Crippen LogP) is 3.30. The first-order valence-corrected chi connectivity index (χ1v) is 13.5. The van der Waals surface area contributed by atoms with Crippen molar-refractivity contribution in [1.29, 1.82) is 0 Å². The number of nitrogen functional groups attached to an aromatic ring is 1. The highest BCUT2D eigenvalue weighted by Gasteiger charge is 2.27. The van der Waals surface area contributed by atoms with Crippen LogP contribution in [0.25, 0.3) is 0 Å². The lowest BCUT2D eigenvalue weighted by molar-refractivity contribution is 0.0981. The molecular weight excluding hydrogens is 508 g/mol. The van der Waals surface area contributed by atoms with Crippen LogP contribution in [0.1, 0.15) is 30.1 Å². The number of halogens is 1. The van der Waals surface area contributed by atoms with E-state index in [9.17, 15) is 13.2 Å². The van der Waals surface area contributed by atoms with Crippen LogP contribution < -0.4 is 21.1 Å². The molecule has 1 aliphatic heterocycles. The van der Waals surface area contributed by atoms with Gasteiger partial charge in [0.05, 0.1) is 11.2 Å². The molecule has 3 aromatic rings. The monoisotopic (exact) mass is 532 g/mol. The molecule has 2 aromatic carbocycles. The Bertz CT molecular complexity index is 1340. The molecule has 9 nitrogen and oxygen atoms in total. The molecule has 184 valence electrons. The van der Waals surface area contributed by atoms with E-state index in [-0.39, 0.29) is 26.8 Å². The Hall–Kier alpha value is -2.86. The SMILES string of the molecule is CC1(N)CCN(c2cnc(Sc3cccc(S(=O)(=O)NC(=O)c4ccccc4)c3Cl)c(N)n2)CC1. The van der Waals surface area contributed by atoms with Crippen molar-refractivity contribution in [3.8, 4) is 0 Å². The molecule has 0 unspecified atom stereocenters. The zero-order valence-electron chi connectivity index (χ0n) is 18.9. The van der Waals surface area contributed by atoms with Gasteiger partial charge < -0.3 is 16.4 Å². The van der Waals surface area contributed by atoms with E-state index in [4.69, 9.17) is 23.1 Å². The molecule has 0 radical (unpaired) electrons. The number of nitrogens with zero attached hydrogens (tertiary/aromatic N) is 3. The fraction of sp³-hybridized carbons (Fsp3) is 0.261. The molecule has 0 aliphatic carbocycles. The molecule has 1 aliphatic rings. The number of hydrogen-bond donors (Lipinski definition) is 3. The molecule has 1 amide bonds. The van der Waals surface area contributed by atoms with E-state index in [1.54, 1.807) is 30.5 Å². The van der Waals surface area contributed by atoms with Crippen LogP contribution in [0.4, 0.5) is 11.6 Å². The fourth-order valence-electron chi connectivity index (χ4n) is 3.57. The third-order valence-corrected chi connectivity index (χ3v) is 8.74. The second-order valence-corrected chi connectivity index (χ2v) is 11.6. The summed E-state index contributed by atoms with van der Waals surface area (Å²) < 4.78 is 27.8. The molecule has 0 bridgehead atoms. The minimum absolute atomic E-state index is 0.0469. The van der Waals surface area contributed by atoms with E-state index in [1.807, 2.05) is 6.92 Å². The van der Waals surface area contributed by atoms with Crippen LogP contribution in [0.15, 0.2) is 69.5 Å². The molecule has 0 atom stereocenters. The molecule has 0 saturated carbocycles. The van der Waals surface area contributed by atoms with Crippen molar-refractivity contribution in [3.05, 3.63) is 65.3 Å². The molecule has 1 fully saturated rings. The van der Waals surface area contributed by atoms with Gasteiger partial charge in [0.2, 0.25) is 0 Å². The van der Waals surface area contributed by atoms with Crippen LogP contribution in [0, 0.1) is 0 Å². The Labute approximate surface area is 213 Å². The van der Waals surface area contributed by atoms with Gasteiger partial charge >= 0.3 is 0 Å². The van der Waals surface area contributed by atoms with Gasteiger partial charge in [0.15, 0.2) is 5.82 Å². The quantitative estimate of drug-likeness (QED) is 0.435. The van der Waals surface area contributed by atoms with Crippen molar-refractivity contribution in [2.45, 2.75) is 40.1 Å². The maximum atomic E-state index is 12.9. The first-order chi connectivity index (χ1) is 16.6. The average Bonchev–Trinajstić information content (AvgIpc) is 2.82. The molecule has 1 saturated heterocycles. The van der Waals surface area contributed by atoms with E-state index in [1.165, 1.54) is 24.3 Å². The summed E-state index contributed by atoms with van der Waals surface area (Å²) >= 11 is 7.54. The second kappa shape index (κ2) is 10.0. The number of nitrogens with one attached hydrogen (secondary N) is 1. The number of benzene rings is 2. The molecule has 12 heteroatoms. The average molecular weight is 533 g/mol. The number of carbonyl (C=O) groups excluding carboxylic acids is 1. The van der Waals surface area contributed by atoms with Crippen molar-refractivity contribution >= 4 is 50.9 Å². The van der Waals surface area contributed by atoms with Crippen LogP contribution in [-0.2, 0) is 10.0 Å². The predicted molar refractivity (Wildman–Crippen MR) is 137 cm³/mol. The molecule has 5 N–H and O–H groups in total. The Morgan fingerprint density at radius 1 is 1.14 bits per heavy atom. The van der Waals surface area contributed by atoms with Gasteiger partial charge in [0.25, 0.3) is 15.9 Å². The number of aromatic nitrogens is 2. The first-order valence-electron chi connectivity index (χ1n) is 10.8. The van der Waals surface area contributed by atoms with Gasteiger partial charge in [-0.3, -0.25) is 4.79 Å². The third kappa shape index (κ3) is 5.87. The fourth-order valence-corrected chi connectivity index (χ4v) is 6.06. The van der Waals surface area contributed by atoms with Gasteiger partial charge in [-0.2, -0.15) is 0 Å². The van der Waals surface area contributed by atoms with Gasteiger partial charge in [-0.1, -0.05) is 47.6 Å². The summed E-state index contributed by atoms with van der Waals surface area (Å²) in [4.78, 5) is 23.6. The second-order valence-electron chi connectivity index (χ2n) is 8.53. The number of anilines is 2. The van der Waals surface area contributed by atoms with E-state index in [0.717, 1.165) is 37.7 Å². The zero-order chi connectivity index (χ0) is 25.2. The number of hydrogen-bond acceptors (Lipinski definition) is 9. The minimum atomic E-state index is -4.22. The van der Waals surface area contributed by atoms with Crippen LogP contribution >= 0.6 is 23.4 Å². The molecule has 0 spiro atoms. The van der Waals surface area contributed by atoms with Gasteiger partial charge in [-0.25, -0.2) is 23.1 Å². The van der Waals surface area contributed by atoms with Gasteiger partial charge in [-0.05, 0) is 44.0 Å². The van der Waals surface area contributed by atoms with Crippen molar-refractivity contribution < 1.29 is 13.2 Å². The van der Waals surface area contributed by atoms with Crippen LogP contribution in [0.2, 0.25) is 5.02 Å². The maximum Gasteiger partial charge on any atom is 0.265 e. The highest BCUT2D eigenvalue weighted by molar-refractivity contribution is 7.99. The largest absolute Gasteiger partial charge is 0.381 e.